The molecule has 2 aromatic heterocycles. The lowest BCUT2D eigenvalue weighted by atomic mass is 9.95. The van der Waals surface area contributed by atoms with Crippen LogP contribution in [0.4, 0.5) is 0 Å². The number of aromatic nitrogens is 3. The molecule has 0 N–H and O–H groups in total. The molecule has 0 bridgehead atoms. The lowest BCUT2D eigenvalue weighted by Gasteiger charge is -2.21. The number of rotatable bonds is 4. The highest BCUT2D eigenvalue weighted by atomic mass is 16.5. The minimum atomic E-state index is -0.222. The Bertz CT molecular complexity index is 989. The maximum Gasteiger partial charge on any atom is 0.311 e. The Morgan fingerprint density at radius 1 is 1.19 bits per heavy atom. The lowest BCUT2D eigenvalue weighted by molar-refractivity contribution is -0.135. The molecule has 4 rings (SSSR count). The van der Waals surface area contributed by atoms with E-state index in [0.717, 1.165) is 17.7 Å². The van der Waals surface area contributed by atoms with Gasteiger partial charge in [0.25, 0.3) is 0 Å². The van der Waals surface area contributed by atoms with Crippen molar-refractivity contribution < 1.29 is 14.3 Å². The number of aryl methyl sites for hydroxylation is 1. The number of ether oxygens (including phenoxy) is 2. The molecule has 1 unspecified atom stereocenters. The molecule has 1 aliphatic rings. The molecule has 0 amide bonds. The van der Waals surface area contributed by atoms with Gasteiger partial charge in [0.05, 0.1) is 6.42 Å². The molecular weight excluding hydrogens is 342 g/mol. The molecule has 0 saturated carbocycles. The average molecular weight is 361 g/mol. The molecule has 3 heterocycles. The van der Waals surface area contributed by atoms with Crippen LogP contribution >= 0.6 is 0 Å². The summed E-state index contributed by atoms with van der Waals surface area (Å²) >= 11 is 0. The summed E-state index contributed by atoms with van der Waals surface area (Å²) in [7, 11) is 0. The van der Waals surface area contributed by atoms with Crippen LogP contribution in [0.15, 0.2) is 48.7 Å². The van der Waals surface area contributed by atoms with E-state index in [1.807, 2.05) is 44.2 Å². The average Bonchev–Trinajstić information content (AvgIpc) is 2.68. The Kier molecular flexibility index (Phi) is 4.54. The first-order valence-corrected chi connectivity index (χ1v) is 8.94. The number of esters is 1. The van der Waals surface area contributed by atoms with E-state index in [1.54, 1.807) is 18.3 Å². The highest BCUT2D eigenvalue weighted by Crippen LogP contribution is 2.37. The van der Waals surface area contributed by atoms with E-state index in [-0.39, 0.29) is 11.9 Å². The normalized spacial score (nSPS) is 15.8. The van der Waals surface area contributed by atoms with E-state index in [0.29, 0.717) is 35.3 Å². The van der Waals surface area contributed by atoms with Gasteiger partial charge in [-0.1, -0.05) is 26.0 Å². The minimum Gasteiger partial charge on any atom is -0.439 e. The first-order valence-electron chi connectivity index (χ1n) is 8.94. The van der Waals surface area contributed by atoms with Crippen molar-refractivity contribution in [1.29, 1.82) is 0 Å². The monoisotopic (exact) mass is 361 g/mol. The number of pyridine rings is 1. The van der Waals surface area contributed by atoms with E-state index in [4.69, 9.17) is 9.47 Å². The van der Waals surface area contributed by atoms with Crippen LogP contribution in [0.1, 0.15) is 37.4 Å². The Morgan fingerprint density at radius 3 is 2.85 bits per heavy atom. The standard InChI is InChI=1S/C21H19N3O3/c1-3-14-11-19(24-21(23-14)17-6-4-5-9-22-17)26-15-7-8-16-13(2)10-20(25)27-18(16)12-15/h4-9,11-13H,3,10H2,1-2H3. The molecule has 136 valence electrons. The predicted octanol–water partition coefficient (Wildman–Crippen LogP) is 4.31. The van der Waals surface area contributed by atoms with E-state index in [1.165, 1.54) is 0 Å². The summed E-state index contributed by atoms with van der Waals surface area (Å²) < 4.78 is 11.3. The zero-order chi connectivity index (χ0) is 18.8. The van der Waals surface area contributed by atoms with E-state index in [2.05, 4.69) is 15.0 Å². The molecular formula is C21H19N3O3. The van der Waals surface area contributed by atoms with Crippen molar-refractivity contribution in [2.45, 2.75) is 32.6 Å². The van der Waals surface area contributed by atoms with Gasteiger partial charge in [0.2, 0.25) is 5.88 Å². The third kappa shape index (κ3) is 3.65. The summed E-state index contributed by atoms with van der Waals surface area (Å²) in [5.41, 5.74) is 2.55. The second-order valence-electron chi connectivity index (χ2n) is 6.47. The Morgan fingerprint density at radius 2 is 2.07 bits per heavy atom. The van der Waals surface area contributed by atoms with Gasteiger partial charge in [0.15, 0.2) is 5.82 Å². The molecule has 0 radical (unpaired) electrons. The van der Waals surface area contributed by atoms with Crippen LogP contribution in [0, 0.1) is 0 Å². The number of carbonyl (C=O) groups is 1. The maximum atomic E-state index is 11.7. The zero-order valence-corrected chi connectivity index (χ0v) is 15.2. The Hall–Kier alpha value is -3.28. The fourth-order valence-corrected chi connectivity index (χ4v) is 3.03. The van der Waals surface area contributed by atoms with Gasteiger partial charge in [0, 0.05) is 24.0 Å². The maximum absolute atomic E-state index is 11.7. The Balaban J connectivity index is 1.67. The predicted molar refractivity (Wildman–Crippen MR) is 99.8 cm³/mol. The highest BCUT2D eigenvalue weighted by molar-refractivity contribution is 5.76. The molecule has 0 aliphatic carbocycles. The van der Waals surface area contributed by atoms with Crippen molar-refractivity contribution >= 4 is 5.97 Å². The summed E-state index contributed by atoms with van der Waals surface area (Å²) in [6.07, 6.45) is 2.85. The van der Waals surface area contributed by atoms with Gasteiger partial charge in [-0.25, -0.2) is 4.98 Å². The van der Waals surface area contributed by atoms with E-state index < -0.39 is 0 Å². The van der Waals surface area contributed by atoms with Gasteiger partial charge in [-0.3, -0.25) is 9.78 Å². The van der Waals surface area contributed by atoms with Crippen molar-refractivity contribution in [1.82, 2.24) is 15.0 Å². The summed E-state index contributed by atoms with van der Waals surface area (Å²) in [6.45, 7) is 4.03. The topological polar surface area (TPSA) is 74.2 Å². The van der Waals surface area contributed by atoms with Crippen LogP contribution < -0.4 is 9.47 Å². The Labute approximate surface area is 157 Å². The van der Waals surface area contributed by atoms with Crippen LogP contribution in [0.3, 0.4) is 0 Å². The smallest absolute Gasteiger partial charge is 0.311 e. The molecule has 6 nitrogen and oxygen atoms in total. The van der Waals surface area contributed by atoms with Crippen LogP contribution in [0.25, 0.3) is 11.5 Å². The van der Waals surface area contributed by atoms with Crippen LogP contribution in [-0.2, 0) is 11.2 Å². The molecule has 1 aliphatic heterocycles. The first-order chi connectivity index (χ1) is 13.1. The van der Waals surface area contributed by atoms with E-state index >= 15 is 0 Å². The highest BCUT2D eigenvalue weighted by Gasteiger charge is 2.24. The number of hydrogen-bond donors (Lipinski definition) is 0. The van der Waals surface area contributed by atoms with Crippen molar-refractivity contribution in [3.63, 3.8) is 0 Å². The molecule has 27 heavy (non-hydrogen) atoms. The van der Waals surface area contributed by atoms with Gasteiger partial charge in [-0.2, -0.15) is 4.98 Å². The number of carbonyl (C=O) groups excluding carboxylic acids is 1. The molecule has 1 aromatic carbocycles. The largest absolute Gasteiger partial charge is 0.439 e. The van der Waals surface area contributed by atoms with Gasteiger partial charge >= 0.3 is 5.97 Å². The fraction of sp³-hybridized carbons (Fsp3) is 0.238. The molecule has 0 fully saturated rings. The van der Waals surface area contributed by atoms with E-state index in [9.17, 15) is 4.79 Å². The van der Waals surface area contributed by atoms with Crippen LogP contribution in [-0.4, -0.2) is 20.9 Å². The minimum absolute atomic E-state index is 0.136. The number of benzene rings is 1. The van der Waals surface area contributed by atoms with Crippen molar-refractivity contribution in [2.75, 3.05) is 0 Å². The third-order valence-corrected chi connectivity index (χ3v) is 4.45. The second-order valence-corrected chi connectivity index (χ2v) is 6.47. The first kappa shape index (κ1) is 17.1. The van der Waals surface area contributed by atoms with Gasteiger partial charge in [0.1, 0.15) is 17.2 Å². The summed E-state index contributed by atoms with van der Waals surface area (Å²) in [6, 6.07) is 12.9. The van der Waals surface area contributed by atoms with Gasteiger partial charge < -0.3 is 9.47 Å². The third-order valence-electron chi connectivity index (χ3n) is 4.45. The van der Waals surface area contributed by atoms with Gasteiger partial charge in [-0.15, -0.1) is 0 Å². The van der Waals surface area contributed by atoms with Crippen molar-refractivity contribution in [3.8, 4) is 28.9 Å². The molecule has 1 atom stereocenters. The molecule has 3 aromatic rings. The van der Waals surface area contributed by atoms with Crippen molar-refractivity contribution in [3.05, 3.63) is 59.9 Å². The lowest BCUT2D eigenvalue weighted by Crippen LogP contribution is -2.18. The van der Waals surface area contributed by atoms with Crippen LogP contribution in [0.2, 0.25) is 0 Å². The quantitative estimate of drug-likeness (QED) is 0.509. The fourth-order valence-electron chi connectivity index (χ4n) is 3.03. The molecule has 0 spiro atoms. The number of hydrogen-bond acceptors (Lipinski definition) is 6. The summed E-state index contributed by atoms with van der Waals surface area (Å²) in [5, 5.41) is 0. The van der Waals surface area contributed by atoms with Gasteiger partial charge in [-0.05, 0) is 36.1 Å². The summed E-state index contributed by atoms with van der Waals surface area (Å²) in [5.74, 6) is 1.96. The van der Waals surface area contributed by atoms with Crippen molar-refractivity contribution in [2.24, 2.45) is 0 Å². The second kappa shape index (κ2) is 7.15. The SMILES string of the molecule is CCc1cc(Oc2ccc3c(c2)OC(=O)CC3C)nc(-c2ccccn2)n1. The summed E-state index contributed by atoms with van der Waals surface area (Å²) in [4.78, 5) is 25.0. The number of nitrogens with zero attached hydrogens (tertiary/aromatic N) is 3. The molecule has 6 heteroatoms. The molecule has 0 saturated heterocycles. The van der Waals surface area contributed by atoms with Crippen LogP contribution in [0.5, 0.6) is 17.4 Å². The number of fused-ring (bicyclic) bond motifs is 1. The zero-order valence-electron chi connectivity index (χ0n) is 15.2.